The van der Waals surface area contributed by atoms with Gasteiger partial charge < -0.3 is 10.1 Å². The van der Waals surface area contributed by atoms with E-state index in [1.165, 1.54) is 5.56 Å². The molecule has 3 heteroatoms. The zero-order valence-electron chi connectivity index (χ0n) is 11.8. The van der Waals surface area contributed by atoms with Crippen LogP contribution in [0.4, 0.5) is 5.69 Å². The minimum atomic E-state index is -0.539. The third-order valence-corrected chi connectivity index (χ3v) is 3.06. The summed E-state index contributed by atoms with van der Waals surface area (Å²) in [6.45, 7) is 3.84. The minimum Gasteiger partial charge on any atom is -0.481 e. The molecule has 0 heterocycles. The van der Waals surface area contributed by atoms with E-state index in [4.69, 9.17) is 4.74 Å². The molecule has 0 aliphatic carbocycles. The van der Waals surface area contributed by atoms with Crippen molar-refractivity contribution in [3.8, 4) is 5.75 Å². The summed E-state index contributed by atoms with van der Waals surface area (Å²) in [4.78, 5) is 12.0. The summed E-state index contributed by atoms with van der Waals surface area (Å²) in [5.74, 6) is 0.537. The zero-order valence-corrected chi connectivity index (χ0v) is 11.8. The number of carbonyl (C=O) groups is 1. The molecule has 2 aromatic rings. The third kappa shape index (κ3) is 3.85. The van der Waals surface area contributed by atoms with Gasteiger partial charge in [-0.05, 0) is 43.2 Å². The Morgan fingerprint density at radius 2 is 1.75 bits per heavy atom. The predicted octanol–water partition coefficient (Wildman–Crippen LogP) is 3.66. The predicted molar refractivity (Wildman–Crippen MR) is 81.0 cm³/mol. The van der Waals surface area contributed by atoms with E-state index in [1.54, 1.807) is 6.92 Å². The van der Waals surface area contributed by atoms with Crippen molar-refractivity contribution in [3.05, 3.63) is 60.2 Å². The normalized spacial score (nSPS) is 11.7. The lowest BCUT2D eigenvalue weighted by Crippen LogP contribution is -2.30. The minimum absolute atomic E-state index is 0.155. The Labute approximate surface area is 119 Å². The van der Waals surface area contributed by atoms with Crippen molar-refractivity contribution < 1.29 is 9.53 Å². The lowest BCUT2D eigenvalue weighted by Gasteiger charge is -2.14. The van der Waals surface area contributed by atoms with Gasteiger partial charge in [-0.3, -0.25) is 4.79 Å². The highest BCUT2D eigenvalue weighted by atomic mass is 16.5. The van der Waals surface area contributed by atoms with Crippen molar-refractivity contribution in [3.63, 3.8) is 0 Å². The average molecular weight is 269 g/mol. The van der Waals surface area contributed by atoms with Crippen LogP contribution in [0.3, 0.4) is 0 Å². The van der Waals surface area contributed by atoms with Crippen LogP contribution in [-0.2, 0) is 11.2 Å². The monoisotopic (exact) mass is 269 g/mol. The topological polar surface area (TPSA) is 38.3 Å². The maximum atomic E-state index is 12.0. The fourth-order valence-electron chi connectivity index (χ4n) is 1.82. The van der Waals surface area contributed by atoms with E-state index in [2.05, 4.69) is 12.2 Å². The lowest BCUT2D eigenvalue weighted by molar-refractivity contribution is -0.122. The van der Waals surface area contributed by atoms with Gasteiger partial charge in [0.05, 0.1) is 0 Å². The summed E-state index contributed by atoms with van der Waals surface area (Å²) in [5.41, 5.74) is 2.03. The van der Waals surface area contributed by atoms with Crippen molar-refractivity contribution in [1.82, 2.24) is 0 Å². The number of nitrogens with one attached hydrogen (secondary N) is 1. The molecule has 0 unspecified atom stereocenters. The van der Waals surface area contributed by atoms with Crippen molar-refractivity contribution >= 4 is 11.6 Å². The largest absolute Gasteiger partial charge is 0.481 e. The Morgan fingerprint density at radius 3 is 2.35 bits per heavy atom. The summed E-state index contributed by atoms with van der Waals surface area (Å²) in [5, 5.41) is 2.85. The Morgan fingerprint density at radius 1 is 1.10 bits per heavy atom. The fraction of sp³-hybridized carbons (Fsp3) is 0.235. The van der Waals surface area contributed by atoms with Gasteiger partial charge in [0, 0.05) is 5.69 Å². The molecule has 1 amide bonds. The Bertz CT molecular complexity index is 549. The first-order valence-electron chi connectivity index (χ1n) is 6.80. The summed E-state index contributed by atoms with van der Waals surface area (Å²) in [6.07, 6.45) is 0.449. The second kappa shape index (κ2) is 6.75. The fourth-order valence-corrected chi connectivity index (χ4v) is 1.82. The van der Waals surface area contributed by atoms with Gasteiger partial charge in [0.25, 0.3) is 5.91 Å². The molecular formula is C17H19NO2. The number of ether oxygens (including phenoxy) is 1. The van der Waals surface area contributed by atoms with E-state index in [1.807, 2.05) is 54.6 Å². The maximum Gasteiger partial charge on any atom is 0.265 e. The van der Waals surface area contributed by atoms with E-state index >= 15 is 0 Å². The van der Waals surface area contributed by atoms with Crippen LogP contribution in [0.25, 0.3) is 0 Å². The Hall–Kier alpha value is -2.29. The lowest BCUT2D eigenvalue weighted by atomic mass is 10.1. The molecule has 0 saturated heterocycles. The van der Waals surface area contributed by atoms with Gasteiger partial charge in [0.1, 0.15) is 5.75 Å². The van der Waals surface area contributed by atoms with Gasteiger partial charge >= 0.3 is 0 Å². The number of anilines is 1. The van der Waals surface area contributed by atoms with Crippen LogP contribution < -0.4 is 10.1 Å². The molecule has 2 aromatic carbocycles. The molecule has 1 N–H and O–H groups in total. The second-order valence-electron chi connectivity index (χ2n) is 4.61. The van der Waals surface area contributed by atoms with E-state index in [-0.39, 0.29) is 5.91 Å². The van der Waals surface area contributed by atoms with Gasteiger partial charge in [-0.25, -0.2) is 0 Å². The molecule has 0 bridgehead atoms. The van der Waals surface area contributed by atoms with E-state index in [9.17, 15) is 4.79 Å². The molecule has 104 valence electrons. The van der Waals surface area contributed by atoms with Gasteiger partial charge in [0.15, 0.2) is 6.10 Å². The van der Waals surface area contributed by atoms with Crippen LogP contribution in [0.15, 0.2) is 54.6 Å². The summed E-state index contributed by atoms with van der Waals surface area (Å²) >= 11 is 0. The third-order valence-electron chi connectivity index (χ3n) is 3.06. The average Bonchev–Trinajstić information content (AvgIpc) is 2.49. The molecule has 1 atom stereocenters. The molecule has 3 nitrogen and oxygen atoms in total. The molecule has 0 spiro atoms. The van der Waals surface area contributed by atoms with E-state index in [0.29, 0.717) is 5.75 Å². The standard InChI is InChI=1S/C17H19NO2/c1-3-14-9-11-15(12-10-14)18-17(19)13(2)20-16-7-5-4-6-8-16/h4-13H,3H2,1-2H3,(H,18,19)/t13-/m0/s1. The highest BCUT2D eigenvalue weighted by molar-refractivity contribution is 5.94. The number of benzene rings is 2. The first-order chi connectivity index (χ1) is 9.69. The molecule has 0 aliphatic rings. The number of hydrogen-bond donors (Lipinski definition) is 1. The Kier molecular flexibility index (Phi) is 4.77. The van der Waals surface area contributed by atoms with Crippen LogP contribution >= 0.6 is 0 Å². The molecule has 0 saturated carbocycles. The molecule has 0 aromatic heterocycles. The van der Waals surface area contributed by atoms with Crippen LogP contribution in [0.5, 0.6) is 5.75 Å². The maximum absolute atomic E-state index is 12.0. The molecule has 0 aliphatic heterocycles. The SMILES string of the molecule is CCc1ccc(NC(=O)[C@H](C)Oc2ccccc2)cc1. The smallest absolute Gasteiger partial charge is 0.265 e. The van der Waals surface area contributed by atoms with Gasteiger partial charge in [-0.15, -0.1) is 0 Å². The number of hydrogen-bond acceptors (Lipinski definition) is 2. The van der Waals surface area contributed by atoms with Crippen molar-refractivity contribution in [1.29, 1.82) is 0 Å². The molecule has 0 fully saturated rings. The van der Waals surface area contributed by atoms with E-state index in [0.717, 1.165) is 12.1 Å². The summed E-state index contributed by atoms with van der Waals surface area (Å²) < 4.78 is 5.58. The summed E-state index contributed by atoms with van der Waals surface area (Å²) in [7, 11) is 0. The highest BCUT2D eigenvalue weighted by Crippen LogP contribution is 2.13. The van der Waals surface area contributed by atoms with Gasteiger partial charge in [0.2, 0.25) is 0 Å². The molecule has 20 heavy (non-hydrogen) atoms. The van der Waals surface area contributed by atoms with Crippen LogP contribution in [-0.4, -0.2) is 12.0 Å². The van der Waals surface area contributed by atoms with Crippen molar-refractivity contribution in [2.75, 3.05) is 5.32 Å². The quantitative estimate of drug-likeness (QED) is 0.899. The first kappa shape index (κ1) is 14.1. The molecule has 2 rings (SSSR count). The van der Waals surface area contributed by atoms with Crippen LogP contribution in [0.1, 0.15) is 19.4 Å². The number of aryl methyl sites for hydroxylation is 1. The second-order valence-corrected chi connectivity index (χ2v) is 4.61. The van der Waals surface area contributed by atoms with Gasteiger partial charge in [-0.2, -0.15) is 0 Å². The van der Waals surface area contributed by atoms with Crippen molar-refractivity contribution in [2.24, 2.45) is 0 Å². The molecule has 0 radical (unpaired) electrons. The highest BCUT2D eigenvalue weighted by Gasteiger charge is 2.14. The van der Waals surface area contributed by atoms with Crippen LogP contribution in [0.2, 0.25) is 0 Å². The number of amides is 1. The molecular weight excluding hydrogens is 250 g/mol. The first-order valence-corrected chi connectivity index (χ1v) is 6.80. The zero-order chi connectivity index (χ0) is 14.4. The van der Waals surface area contributed by atoms with E-state index < -0.39 is 6.10 Å². The number of para-hydroxylation sites is 1. The van der Waals surface area contributed by atoms with Crippen molar-refractivity contribution in [2.45, 2.75) is 26.4 Å². The van der Waals surface area contributed by atoms with Gasteiger partial charge in [-0.1, -0.05) is 37.3 Å². The number of rotatable bonds is 5. The summed E-state index contributed by atoms with van der Waals surface area (Å²) in [6, 6.07) is 17.2. The Balaban J connectivity index is 1.93. The number of carbonyl (C=O) groups excluding carboxylic acids is 1. The van der Waals surface area contributed by atoms with Crippen LogP contribution in [0, 0.1) is 0 Å².